The first-order chi connectivity index (χ1) is 19.9. The average molecular weight is 597 g/mol. The maximum Gasteiger partial charge on any atom is 0.416 e. The van der Waals surface area contributed by atoms with Crippen molar-refractivity contribution in [3.63, 3.8) is 0 Å². The second-order valence-corrected chi connectivity index (χ2v) is 11.0. The molecule has 12 heteroatoms. The number of ether oxygens (including phenoxy) is 1. The number of hydrogen-bond donors (Lipinski definition) is 1. The second-order valence-electron chi connectivity index (χ2n) is 11.0. The number of carbonyl (C=O) groups excluding carboxylic acids is 1. The fourth-order valence-electron chi connectivity index (χ4n) is 5.99. The highest BCUT2D eigenvalue weighted by molar-refractivity contribution is 5.95. The Balaban J connectivity index is 1.41. The molecule has 2 fully saturated rings. The van der Waals surface area contributed by atoms with E-state index in [-0.39, 0.29) is 12.6 Å². The number of hydrogen-bond acceptors (Lipinski definition) is 4. The number of fused-ring (bicyclic) bond motifs is 1. The predicted octanol–water partition coefficient (Wildman–Crippen LogP) is 5.69. The quantitative estimate of drug-likeness (QED) is 0.357. The van der Waals surface area contributed by atoms with E-state index in [1.165, 1.54) is 4.90 Å². The van der Waals surface area contributed by atoms with Crippen LogP contribution < -0.4 is 0 Å². The number of benzene rings is 2. The summed E-state index contributed by atoms with van der Waals surface area (Å²) in [5.74, 6) is -0.838. The van der Waals surface area contributed by atoms with Crippen LogP contribution in [0.25, 0.3) is 10.9 Å². The van der Waals surface area contributed by atoms with Crippen LogP contribution in [0, 0.1) is 0 Å². The van der Waals surface area contributed by atoms with Crippen molar-refractivity contribution < 1.29 is 35.9 Å². The van der Waals surface area contributed by atoms with Crippen LogP contribution in [-0.4, -0.2) is 90.2 Å². The minimum Gasteiger partial charge on any atom is -0.378 e. The Bertz CT molecular complexity index is 1360. The minimum absolute atomic E-state index is 0.0490. The van der Waals surface area contributed by atoms with E-state index < -0.39 is 41.0 Å². The molecule has 1 amide bonds. The second kappa shape index (κ2) is 12.3. The molecule has 2 saturated heterocycles. The lowest BCUT2D eigenvalue weighted by molar-refractivity contribution is -0.143. The van der Waals surface area contributed by atoms with E-state index >= 15 is 0 Å². The SMILES string of the molecule is CCC1COCCN1CCN1CCN(C(=O)c2cc(C(F)(F)F)cc(C(F)(F)F)c2)C(Cc2c[nH]c3ccccc23)C1. The standard InChI is InChI=1S/C30H34F6N4O2/c1-2-24-19-42-12-11-39(24)9-7-38-8-10-40(25(18-38)15-21-17-37-27-6-4-3-5-26(21)27)28(41)20-13-22(29(31,32)33)16-23(14-20)30(34,35)36/h3-6,13-14,16-17,24-25,37H,2,7-12,15,18-19H2,1H3. The molecule has 2 aliphatic rings. The van der Waals surface area contributed by atoms with Gasteiger partial charge in [-0.05, 0) is 42.7 Å². The van der Waals surface area contributed by atoms with Gasteiger partial charge in [-0.25, -0.2) is 0 Å². The number of aromatic amines is 1. The van der Waals surface area contributed by atoms with Gasteiger partial charge in [0.1, 0.15) is 0 Å². The zero-order valence-corrected chi connectivity index (χ0v) is 23.3. The van der Waals surface area contributed by atoms with Gasteiger partial charge in [0.15, 0.2) is 0 Å². The Hall–Kier alpha value is -3.09. The number of rotatable bonds is 7. The third-order valence-electron chi connectivity index (χ3n) is 8.32. The fourth-order valence-corrected chi connectivity index (χ4v) is 5.99. The smallest absolute Gasteiger partial charge is 0.378 e. The van der Waals surface area contributed by atoms with Gasteiger partial charge < -0.3 is 14.6 Å². The maximum absolute atomic E-state index is 13.7. The number of H-pyrrole nitrogens is 1. The van der Waals surface area contributed by atoms with E-state index in [9.17, 15) is 31.1 Å². The number of nitrogens with one attached hydrogen (secondary N) is 1. The third kappa shape index (κ3) is 6.76. The van der Waals surface area contributed by atoms with Crippen LogP contribution in [0.2, 0.25) is 0 Å². The van der Waals surface area contributed by atoms with Gasteiger partial charge in [0.05, 0.1) is 24.3 Å². The first-order valence-electron chi connectivity index (χ1n) is 14.1. The van der Waals surface area contributed by atoms with E-state index in [1.807, 2.05) is 30.5 Å². The van der Waals surface area contributed by atoms with Crippen molar-refractivity contribution in [2.75, 3.05) is 52.5 Å². The van der Waals surface area contributed by atoms with Crippen molar-refractivity contribution in [2.24, 2.45) is 0 Å². The molecule has 3 heterocycles. The molecule has 0 aliphatic carbocycles. The zero-order valence-electron chi connectivity index (χ0n) is 23.3. The Morgan fingerprint density at radius 3 is 2.36 bits per heavy atom. The number of morpholine rings is 1. The number of nitrogens with zero attached hydrogens (tertiary/aromatic N) is 3. The summed E-state index contributed by atoms with van der Waals surface area (Å²) in [5.41, 5.74) is -1.78. The molecule has 42 heavy (non-hydrogen) atoms. The highest BCUT2D eigenvalue weighted by Crippen LogP contribution is 2.37. The maximum atomic E-state index is 13.7. The van der Waals surface area contributed by atoms with Crippen molar-refractivity contribution >= 4 is 16.8 Å². The first kappa shape index (κ1) is 30.4. The van der Waals surface area contributed by atoms with Crippen molar-refractivity contribution in [3.8, 4) is 0 Å². The van der Waals surface area contributed by atoms with Gasteiger partial charge in [0, 0.05) is 74.0 Å². The first-order valence-corrected chi connectivity index (χ1v) is 14.1. The lowest BCUT2D eigenvalue weighted by Gasteiger charge is -2.43. The van der Waals surface area contributed by atoms with Gasteiger partial charge in [-0.1, -0.05) is 25.1 Å². The Morgan fingerprint density at radius 2 is 1.67 bits per heavy atom. The molecular formula is C30H34F6N4O2. The molecule has 6 nitrogen and oxygen atoms in total. The summed E-state index contributed by atoms with van der Waals surface area (Å²) >= 11 is 0. The summed E-state index contributed by atoms with van der Waals surface area (Å²) in [6, 6.07) is 8.61. The lowest BCUT2D eigenvalue weighted by Crippen LogP contribution is -2.57. The van der Waals surface area contributed by atoms with Gasteiger partial charge in [-0.15, -0.1) is 0 Å². The molecule has 2 unspecified atom stereocenters. The van der Waals surface area contributed by atoms with Crippen LogP contribution in [0.4, 0.5) is 26.3 Å². The van der Waals surface area contributed by atoms with E-state index in [0.29, 0.717) is 50.9 Å². The van der Waals surface area contributed by atoms with E-state index in [0.717, 1.165) is 42.5 Å². The Labute approximate surface area is 240 Å². The minimum atomic E-state index is -5.03. The molecule has 5 rings (SSSR count). The number of aromatic nitrogens is 1. The van der Waals surface area contributed by atoms with Gasteiger partial charge in [0.2, 0.25) is 0 Å². The number of para-hydroxylation sites is 1. The average Bonchev–Trinajstić information content (AvgIpc) is 3.37. The predicted molar refractivity (Wildman–Crippen MR) is 146 cm³/mol. The molecule has 1 N–H and O–H groups in total. The normalized spacial score (nSPS) is 21.3. The van der Waals surface area contributed by atoms with Crippen LogP contribution >= 0.6 is 0 Å². The summed E-state index contributed by atoms with van der Waals surface area (Å²) in [6.45, 7) is 6.91. The number of halogens is 6. The molecule has 1 aromatic heterocycles. The van der Waals surface area contributed by atoms with Crippen LogP contribution in [0.1, 0.15) is 40.4 Å². The number of carbonyl (C=O) groups is 1. The molecule has 0 radical (unpaired) electrons. The molecular weight excluding hydrogens is 562 g/mol. The van der Waals surface area contributed by atoms with E-state index in [1.54, 1.807) is 0 Å². The van der Waals surface area contributed by atoms with Crippen molar-refractivity contribution in [1.29, 1.82) is 0 Å². The molecule has 0 saturated carbocycles. The largest absolute Gasteiger partial charge is 0.416 e. The summed E-state index contributed by atoms with van der Waals surface area (Å²) in [5, 5.41) is 0.958. The number of alkyl halides is 6. The fraction of sp³-hybridized carbons (Fsp3) is 0.500. The summed E-state index contributed by atoms with van der Waals surface area (Å²) in [4.78, 5) is 23.0. The van der Waals surface area contributed by atoms with Crippen LogP contribution in [0.5, 0.6) is 0 Å². The zero-order chi connectivity index (χ0) is 30.1. The van der Waals surface area contributed by atoms with Crippen molar-refractivity contribution in [1.82, 2.24) is 19.7 Å². The summed E-state index contributed by atoms with van der Waals surface area (Å²) in [7, 11) is 0. The lowest BCUT2D eigenvalue weighted by atomic mass is 9.98. The molecule has 2 atom stereocenters. The van der Waals surface area contributed by atoms with Crippen molar-refractivity contribution in [2.45, 2.75) is 44.2 Å². The molecule has 2 aliphatic heterocycles. The number of piperazine rings is 1. The Morgan fingerprint density at radius 1 is 0.952 bits per heavy atom. The van der Waals surface area contributed by atoms with Crippen LogP contribution in [0.15, 0.2) is 48.7 Å². The Kier molecular flexibility index (Phi) is 8.86. The molecule has 0 spiro atoms. The van der Waals surface area contributed by atoms with Crippen molar-refractivity contribution in [3.05, 3.63) is 70.9 Å². The molecule has 2 aromatic carbocycles. The number of amides is 1. The highest BCUT2D eigenvalue weighted by atomic mass is 19.4. The van der Waals surface area contributed by atoms with E-state index in [2.05, 4.69) is 21.7 Å². The van der Waals surface area contributed by atoms with E-state index in [4.69, 9.17) is 4.74 Å². The third-order valence-corrected chi connectivity index (χ3v) is 8.32. The highest BCUT2D eigenvalue weighted by Gasteiger charge is 2.39. The molecule has 0 bridgehead atoms. The summed E-state index contributed by atoms with van der Waals surface area (Å²) in [6.07, 6.45) is -6.87. The molecule has 3 aromatic rings. The molecule has 228 valence electrons. The topological polar surface area (TPSA) is 51.8 Å². The van der Waals surface area contributed by atoms with Crippen LogP contribution in [-0.2, 0) is 23.5 Å². The van der Waals surface area contributed by atoms with Gasteiger partial charge in [-0.3, -0.25) is 14.6 Å². The van der Waals surface area contributed by atoms with Gasteiger partial charge >= 0.3 is 12.4 Å². The van der Waals surface area contributed by atoms with Gasteiger partial charge in [-0.2, -0.15) is 26.3 Å². The monoisotopic (exact) mass is 596 g/mol. The summed E-state index contributed by atoms with van der Waals surface area (Å²) < 4.78 is 86.9. The van der Waals surface area contributed by atoms with Gasteiger partial charge in [0.25, 0.3) is 5.91 Å². The van der Waals surface area contributed by atoms with Crippen LogP contribution in [0.3, 0.4) is 0 Å².